The molecular formula is C19H20N4O3S. The quantitative estimate of drug-likeness (QED) is 0.683. The normalized spacial score (nSPS) is 16.3. The second-order valence-corrected chi connectivity index (χ2v) is 7.26. The van der Waals surface area contributed by atoms with Gasteiger partial charge in [-0.1, -0.05) is 29.4 Å². The number of carbonyl (C=O) groups excluding carboxylic acids is 1. The summed E-state index contributed by atoms with van der Waals surface area (Å²) in [6.45, 7) is 4.69. The van der Waals surface area contributed by atoms with Crippen molar-refractivity contribution >= 4 is 17.4 Å². The molecule has 27 heavy (non-hydrogen) atoms. The summed E-state index contributed by atoms with van der Waals surface area (Å²) >= 11 is 1.58. The molecule has 140 valence electrons. The molecule has 1 aromatic carbocycles. The maximum absolute atomic E-state index is 12.3. The van der Waals surface area contributed by atoms with Crippen molar-refractivity contribution in [2.45, 2.75) is 13.0 Å². The summed E-state index contributed by atoms with van der Waals surface area (Å²) in [6, 6.07) is 13.1. The predicted molar refractivity (Wildman–Crippen MR) is 102 cm³/mol. The second kappa shape index (κ2) is 7.89. The smallest absolute Gasteiger partial charge is 0.410 e. The number of thiophene rings is 1. The third-order valence-electron chi connectivity index (χ3n) is 4.61. The third kappa shape index (κ3) is 4.01. The van der Waals surface area contributed by atoms with E-state index in [1.165, 1.54) is 0 Å². The molecule has 0 saturated carbocycles. The van der Waals surface area contributed by atoms with E-state index in [1.54, 1.807) is 28.4 Å². The van der Waals surface area contributed by atoms with Crippen molar-refractivity contribution in [1.29, 1.82) is 0 Å². The van der Waals surface area contributed by atoms with Crippen molar-refractivity contribution in [2.24, 2.45) is 0 Å². The van der Waals surface area contributed by atoms with Gasteiger partial charge in [0.15, 0.2) is 0 Å². The molecule has 2 aromatic heterocycles. The fraction of sp³-hybridized carbons (Fsp3) is 0.316. The lowest BCUT2D eigenvalue weighted by Crippen LogP contribution is -2.50. The van der Waals surface area contributed by atoms with Gasteiger partial charge in [0, 0.05) is 26.2 Å². The molecule has 1 aliphatic rings. The minimum absolute atomic E-state index is 0.00138. The number of hydrogen-bond acceptors (Lipinski definition) is 7. The Bertz CT molecular complexity index is 874. The highest BCUT2D eigenvalue weighted by molar-refractivity contribution is 7.13. The first-order valence-electron chi connectivity index (χ1n) is 8.84. The van der Waals surface area contributed by atoms with E-state index in [4.69, 9.17) is 9.26 Å². The van der Waals surface area contributed by atoms with E-state index in [0.717, 1.165) is 18.0 Å². The number of rotatable bonds is 4. The number of aromatic nitrogens is 2. The lowest BCUT2D eigenvalue weighted by atomic mass is 10.2. The standard InChI is InChI=1S/C19H20N4O3S/c1-14(18-20-17(21-26-18)16-8-5-13-27-16)22-9-11-23(12-10-22)19(24)25-15-6-3-2-4-7-15/h2-8,13-14H,9-12H2,1H3. The number of benzene rings is 1. The van der Waals surface area contributed by atoms with Crippen LogP contribution in [0, 0.1) is 0 Å². The zero-order valence-corrected chi connectivity index (χ0v) is 15.8. The Labute approximate surface area is 161 Å². The van der Waals surface area contributed by atoms with Crippen LogP contribution in [0.15, 0.2) is 52.4 Å². The Hall–Kier alpha value is -2.71. The zero-order chi connectivity index (χ0) is 18.6. The highest BCUT2D eigenvalue weighted by Crippen LogP contribution is 2.26. The molecule has 3 heterocycles. The molecule has 0 spiro atoms. The SMILES string of the molecule is CC(c1nc(-c2cccs2)no1)N1CCN(C(=O)Oc2ccccc2)CC1. The topological polar surface area (TPSA) is 71.7 Å². The Morgan fingerprint density at radius 2 is 1.93 bits per heavy atom. The van der Waals surface area contributed by atoms with Crippen molar-refractivity contribution in [1.82, 2.24) is 19.9 Å². The number of hydrogen-bond donors (Lipinski definition) is 0. The predicted octanol–water partition coefficient (Wildman–Crippen LogP) is 3.68. The van der Waals surface area contributed by atoms with E-state index in [9.17, 15) is 4.79 Å². The number of amides is 1. The van der Waals surface area contributed by atoms with Crippen LogP contribution in [-0.4, -0.2) is 52.2 Å². The van der Waals surface area contributed by atoms with Crippen molar-refractivity contribution in [3.8, 4) is 16.5 Å². The molecular weight excluding hydrogens is 364 g/mol. The van der Waals surface area contributed by atoms with Crippen LogP contribution >= 0.6 is 11.3 Å². The lowest BCUT2D eigenvalue weighted by Gasteiger charge is -2.36. The van der Waals surface area contributed by atoms with Gasteiger partial charge in [-0.3, -0.25) is 4.90 Å². The van der Waals surface area contributed by atoms with Gasteiger partial charge in [-0.25, -0.2) is 4.79 Å². The maximum Gasteiger partial charge on any atom is 0.415 e. The van der Waals surface area contributed by atoms with E-state index in [2.05, 4.69) is 15.0 Å². The van der Waals surface area contributed by atoms with Gasteiger partial charge in [0.2, 0.25) is 11.7 Å². The Morgan fingerprint density at radius 1 is 1.15 bits per heavy atom. The summed E-state index contributed by atoms with van der Waals surface area (Å²) in [5, 5.41) is 6.07. The average molecular weight is 384 g/mol. The molecule has 0 radical (unpaired) electrons. The lowest BCUT2D eigenvalue weighted by molar-refractivity contribution is 0.0835. The van der Waals surface area contributed by atoms with E-state index in [-0.39, 0.29) is 12.1 Å². The molecule has 7 nitrogen and oxygen atoms in total. The average Bonchev–Trinajstić information content (AvgIpc) is 3.40. The fourth-order valence-corrected chi connectivity index (χ4v) is 3.66. The number of ether oxygens (including phenoxy) is 1. The number of piperazine rings is 1. The summed E-state index contributed by atoms with van der Waals surface area (Å²) in [7, 11) is 0. The van der Waals surface area contributed by atoms with Gasteiger partial charge < -0.3 is 14.2 Å². The van der Waals surface area contributed by atoms with Crippen LogP contribution < -0.4 is 4.74 Å². The minimum atomic E-state index is -0.314. The monoisotopic (exact) mass is 384 g/mol. The van der Waals surface area contributed by atoms with Crippen LogP contribution in [0.1, 0.15) is 18.9 Å². The summed E-state index contributed by atoms with van der Waals surface area (Å²) in [4.78, 5) is 21.8. The van der Waals surface area contributed by atoms with E-state index < -0.39 is 0 Å². The summed E-state index contributed by atoms with van der Waals surface area (Å²) in [5.74, 6) is 1.78. The van der Waals surface area contributed by atoms with E-state index >= 15 is 0 Å². The van der Waals surface area contributed by atoms with Crippen LogP contribution in [-0.2, 0) is 0 Å². The number of carbonyl (C=O) groups is 1. The Morgan fingerprint density at radius 3 is 2.63 bits per heavy atom. The van der Waals surface area contributed by atoms with Gasteiger partial charge in [0.1, 0.15) is 5.75 Å². The molecule has 1 fully saturated rings. The second-order valence-electron chi connectivity index (χ2n) is 6.31. The maximum atomic E-state index is 12.3. The van der Waals surface area contributed by atoms with Gasteiger partial charge in [0.05, 0.1) is 10.9 Å². The van der Waals surface area contributed by atoms with Crippen molar-refractivity contribution in [2.75, 3.05) is 26.2 Å². The molecule has 1 amide bonds. The molecule has 8 heteroatoms. The largest absolute Gasteiger partial charge is 0.415 e. The van der Waals surface area contributed by atoms with Gasteiger partial charge in [-0.05, 0) is 30.5 Å². The summed E-state index contributed by atoms with van der Waals surface area (Å²) in [6.07, 6.45) is -0.314. The molecule has 1 unspecified atom stereocenters. The van der Waals surface area contributed by atoms with Crippen LogP contribution in [0.25, 0.3) is 10.7 Å². The van der Waals surface area contributed by atoms with E-state index in [1.807, 2.05) is 42.6 Å². The number of nitrogens with zero attached hydrogens (tertiary/aromatic N) is 4. The van der Waals surface area contributed by atoms with Crippen LogP contribution in [0.3, 0.4) is 0 Å². The first-order valence-corrected chi connectivity index (χ1v) is 9.72. The summed E-state index contributed by atoms with van der Waals surface area (Å²) in [5.41, 5.74) is 0. The van der Waals surface area contributed by atoms with Gasteiger partial charge in [-0.2, -0.15) is 4.98 Å². The zero-order valence-electron chi connectivity index (χ0n) is 14.9. The summed E-state index contributed by atoms with van der Waals surface area (Å²) < 4.78 is 10.9. The Kier molecular flexibility index (Phi) is 5.17. The third-order valence-corrected chi connectivity index (χ3v) is 5.48. The van der Waals surface area contributed by atoms with E-state index in [0.29, 0.717) is 30.6 Å². The molecule has 3 aromatic rings. The molecule has 0 bridgehead atoms. The van der Waals surface area contributed by atoms with Crippen LogP contribution in [0.2, 0.25) is 0 Å². The Balaban J connectivity index is 1.33. The molecule has 4 rings (SSSR count). The van der Waals surface area contributed by atoms with Gasteiger partial charge in [0.25, 0.3) is 0 Å². The molecule has 0 aliphatic carbocycles. The number of para-hydroxylation sites is 1. The van der Waals surface area contributed by atoms with Crippen molar-refractivity contribution < 1.29 is 14.1 Å². The minimum Gasteiger partial charge on any atom is -0.410 e. The van der Waals surface area contributed by atoms with Crippen molar-refractivity contribution in [3.63, 3.8) is 0 Å². The fourth-order valence-electron chi connectivity index (χ4n) is 3.01. The molecule has 1 atom stereocenters. The highest BCUT2D eigenvalue weighted by atomic mass is 32.1. The first-order chi connectivity index (χ1) is 13.2. The van der Waals surface area contributed by atoms with Gasteiger partial charge in [-0.15, -0.1) is 11.3 Å². The molecule has 1 saturated heterocycles. The van der Waals surface area contributed by atoms with Crippen LogP contribution in [0.4, 0.5) is 4.79 Å². The van der Waals surface area contributed by atoms with Crippen LogP contribution in [0.5, 0.6) is 5.75 Å². The van der Waals surface area contributed by atoms with Gasteiger partial charge >= 0.3 is 6.09 Å². The highest BCUT2D eigenvalue weighted by Gasteiger charge is 2.28. The first kappa shape index (κ1) is 17.7. The molecule has 0 N–H and O–H groups in total. The van der Waals surface area contributed by atoms with Crippen molar-refractivity contribution in [3.05, 3.63) is 53.7 Å². The molecule has 1 aliphatic heterocycles.